The number of piperidine rings is 2. The van der Waals surface area contributed by atoms with Crippen LogP contribution >= 0.6 is 0 Å². The highest BCUT2D eigenvalue weighted by Gasteiger charge is 2.61. The molecule has 3 fully saturated rings. The van der Waals surface area contributed by atoms with Gasteiger partial charge in [-0.2, -0.15) is 0 Å². The van der Waals surface area contributed by atoms with Gasteiger partial charge in [0.15, 0.2) is 5.79 Å². The second kappa shape index (κ2) is 4.59. The van der Waals surface area contributed by atoms with E-state index in [-0.39, 0.29) is 17.9 Å². The summed E-state index contributed by atoms with van der Waals surface area (Å²) in [6.45, 7) is 4.09. The Labute approximate surface area is 136 Å². The zero-order valence-corrected chi connectivity index (χ0v) is 13.5. The number of benzene rings is 1. The third-order valence-corrected chi connectivity index (χ3v) is 6.68. The maximum absolute atomic E-state index is 11.0. The minimum atomic E-state index is -1.59. The van der Waals surface area contributed by atoms with E-state index >= 15 is 0 Å². The molecule has 3 N–H and O–H groups in total. The molecule has 4 heterocycles. The summed E-state index contributed by atoms with van der Waals surface area (Å²) in [6.07, 6.45) is 3.04. The molecule has 0 amide bonds. The van der Waals surface area contributed by atoms with Crippen LogP contribution in [0.1, 0.15) is 36.9 Å². The van der Waals surface area contributed by atoms with Crippen molar-refractivity contribution in [3.8, 4) is 0 Å². The average Bonchev–Trinajstić information content (AvgIpc) is 2.83. The highest BCUT2D eigenvalue weighted by atomic mass is 16.5. The fourth-order valence-electron chi connectivity index (χ4n) is 5.62. The largest absolute Gasteiger partial charge is 0.365 e. The molecule has 1 aliphatic carbocycles. The fourth-order valence-corrected chi connectivity index (χ4v) is 5.62. The number of H-pyrrole nitrogens is 1. The Morgan fingerprint density at radius 2 is 2.13 bits per heavy atom. The maximum Gasteiger partial charge on any atom is 0.176 e. The topological polar surface area (TPSA) is 59.5 Å². The van der Waals surface area contributed by atoms with Crippen LogP contribution in [0, 0.1) is 11.8 Å². The van der Waals surface area contributed by atoms with Crippen LogP contribution in [0.25, 0.3) is 10.9 Å². The average molecular weight is 312 g/mol. The molecule has 2 saturated heterocycles. The van der Waals surface area contributed by atoms with Gasteiger partial charge in [-0.25, -0.2) is 0 Å². The molecular formula is C19H24N2O2. The van der Waals surface area contributed by atoms with E-state index in [1.807, 2.05) is 6.07 Å². The lowest BCUT2D eigenvalue weighted by molar-refractivity contribution is -0.280. The van der Waals surface area contributed by atoms with Crippen LogP contribution in [0.2, 0.25) is 0 Å². The van der Waals surface area contributed by atoms with E-state index in [0.29, 0.717) is 5.92 Å². The van der Waals surface area contributed by atoms with Crippen molar-refractivity contribution in [2.45, 2.75) is 43.9 Å². The lowest BCUT2D eigenvalue weighted by Gasteiger charge is -2.58. The van der Waals surface area contributed by atoms with E-state index in [1.165, 1.54) is 10.9 Å². The summed E-state index contributed by atoms with van der Waals surface area (Å²) >= 11 is 0. The first-order valence-corrected chi connectivity index (χ1v) is 8.89. The molecule has 5 atom stereocenters. The van der Waals surface area contributed by atoms with Gasteiger partial charge in [0.05, 0.1) is 5.92 Å². The van der Waals surface area contributed by atoms with Crippen molar-refractivity contribution in [1.29, 1.82) is 0 Å². The zero-order valence-electron chi connectivity index (χ0n) is 13.5. The van der Waals surface area contributed by atoms with Gasteiger partial charge in [0.2, 0.25) is 0 Å². The predicted molar refractivity (Wildman–Crippen MR) is 89.2 cm³/mol. The number of fused-ring (bicyclic) bond motifs is 4. The number of hydrogen-bond donors (Lipinski definition) is 3. The highest BCUT2D eigenvalue weighted by molar-refractivity contribution is 5.85. The Kier molecular flexibility index (Phi) is 2.80. The second-order valence-electron chi connectivity index (χ2n) is 7.66. The van der Waals surface area contributed by atoms with E-state index in [4.69, 9.17) is 0 Å². The molecule has 4 heteroatoms. The van der Waals surface area contributed by atoms with Gasteiger partial charge in [0.25, 0.3) is 0 Å². The fraction of sp³-hybridized carbons (Fsp3) is 0.579. The minimum Gasteiger partial charge on any atom is -0.365 e. The summed E-state index contributed by atoms with van der Waals surface area (Å²) in [5.41, 5.74) is 3.49. The molecule has 1 aromatic carbocycles. The molecule has 2 aromatic rings. The van der Waals surface area contributed by atoms with Crippen molar-refractivity contribution >= 4 is 10.9 Å². The first-order valence-electron chi connectivity index (χ1n) is 8.89. The van der Waals surface area contributed by atoms with Gasteiger partial charge in [-0.1, -0.05) is 31.5 Å². The Morgan fingerprint density at radius 1 is 1.30 bits per heavy atom. The minimum absolute atomic E-state index is 0.0418. The number of nitrogens with one attached hydrogen (secondary N) is 1. The summed E-state index contributed by atoms with van der Waals surface area (Å²) in [5.74, 6) is -1.29. The second-order valence-corrected chi connectivity index (χ2v) is 7.66. The van der Waals surface area contributed by atoms with Crippen LogP contribution in [0.5, 0.6) is 0 Å². The van der Waals surface area contributed by atoms with Crippen LogP contribution in [-0.4, -0.2) is 45.0 Å². The summed E-state index contributed by atoms with van der Waals surface area (Å²) in [6, 6.07) is 8.60. The smallest absolute Gasteiger partial charge is 0.176 e. The van der Waals surface area contributed by atoms with E-state index in [1.54, 1.807) is 0 Å². The molecule has 0 spiro atoms. The van der Waals surface area contributed by atoms with E-state index < -0.39 is 5.79 Å². The van der Waals surface area contributed by atoms with Crippen LogP contribution in [-0.2, 0) is 6.42 Å². The predicted octanol–water partition coefficient (Wildman–Crippen LogP) is 2.22. The van der Waals surface area contributed by atoms with Gasteiger partial charge in [0, 0.05) is 41.6 Å². The summed E-state index contributed by atoms with van der Waals surface area (Å²) < 4.78 is 0. The van der Waals surface area contributed by atoms with Gasteiger partial charge < -0.3 is 15.2 Å². The summed E-state index contributed by atoms with van der Waals surface area (Å²) in [5, 5.41) is 23.2. The number of para-hydroxylation sites is 1. The quantitative estimate of drug-likeness (QED) is 0.708. The Balaban J connectivity index is 1.75. The van der Waals surface area contributed by atoms with Gasteiger partial charge in [-0.3, -0.25) is 4.90 Å². The normalized spacial score (nSPS) is 37.6. The van der Waals surface area contributed by atoms with E-state index in [9.17, 15) is 10.2 Å². The molecule has 122 valence electrons. The molecule has 0 radical (unpaired) electrons. The third-order valence-electron chi connectivity index (χ3n) is 6.68. The van der Waals surface area contributed by atoms with Crippen LogP contribution in [0.15, 0.2) is 24.3 Å². The maximum atomic E-state index is 11.0. The van der Waals surface area contributed by atoms with E-state index in [2.05, 4.69) is 35.0 Å². The number of aromatic nitrogens is 1. The Morgan fingerprint density at radius 3 is 2.96 bits per heavy atom. The SMILES string of the molecule is CC[C@H]1C[C@H]2CN3CCc4c([nH]c5ccccc45)[C@@H]([C@H]13)C2(O)O. The third kappa shape index (κ3) is 1.72. The Bertz CT molecular complexity index is 766. The van der Waals surface area contributed by atoms with Crippen molar-refractivity contribution in [2.24, 2.45) is 11.8 Å². The van der Waals surface area contributed by atoms with Gasteiger partial charge in [-0.15, -0.1) is 0 Å². The number of aliphatic hydroxyl groups is 2. The lowest BCUT2D eigenvalue weighted by Crippen LogP contribution is -2.67. The number of nitrogens with zero attached hydrogens (tertiary/aromatic N) is 1. The summed E-state index contributed by atoms with van der Waals surface area (Å²) in [4.78, 5) is 6.08. The van der Waals surface area contributed by atoms with Crippen molar-refractivity contribution in [2.75, 3.05) is 13.1 Å². The van der Waals surface area contributed by atoms with Crippen molar-refractivity contribution in [3.05, 3.63) is 35.5 Å². The molecule has 4 aliphatic rings. The first kappa shape index (κ1) is 14.0. The summed E-state index contributed by atoms with van der Waals surface area (Å²) in [7, 11) is 0. The molecule has 3 aliphatic heterocycles. The standard InChI is InChI=1S/C19H24N2O2/c1-2-11-9-12-10-21-8-7-14-13-5-3-4-6-15(13)20-17(14)16(18(11)21)19(12,22)23/h3-6,11-12,16,18,20,22-23H,2,7-10H2,1H3/t11-,12-,16-,18-/m0/s1. The van der Waals surface area contributed by atoms with Crippen molar-refractivity contribution in [3.63, 3.8) is 0 Å². The first-order chi connectivity index (χ1) is 11.1. The van der Waals surface area contributed by atoms with Gasteiger partial charge in [-0.05, 0) is 30.4 Å². The monoisotopic (exact) mass is 312 g/mol. The zero-order chi connectivity index (χ0) is 15.8. The molecule has 1 unspecified atom stereocenters. The number of rotatable bonds is 1. The molecule has 23 heavy (non-hydrogen) atoms. The van der Waals surface area contributed by atoms with Crippen LogP contribution < -0.4 is 0 Å². The highest BCUT2D eigenvalue weighted by Crippen LogP contribution is 2.54. The molecular weight excluding hydrogens is 288 g/mol. The number of hydrogen-bond acceptors (Lipinski definition) is 3. The van der Waals surface area contributed by atoms with Gasteiger partial charge >= 0.3 is 0 Å². The molecule has 4 bridgehead atoms. The van der Waals surface area contributed by atoms with Crippen molar-refractivity contribution < 1.29 is 10.2 Å². The van der Waals surface area contributed by atoms with Crippen LogP contribution in [0.4, 0.5) is 0 Å². The van der Waals surface area contributed by atoms with E-state index in [0.717, 1.165) is 43.6 Å². The van der Waals surface area contributed by atoms with Gasteiger partial charge in [0.1, 0.15) is 0 Å². The number of aromatic amines is 1. The molecule has 6 rings (SSSR count). The van der Waals surface area contributed by atoms with Crippen molar-refractivity contribution in [1.82, 2.24) is 9.88 Å². The van der Waals surface area contributed by atoms with Crippen LogP contribution in [0.3, 0.4) is 0 Å². The molecule has 1 saturated carbocycles. The molecule has 4 nitrogen and oxygen atoms in total. The molecule has 1 aromatic heterocycles. The lowest BCUT2D eigenvalue weighted by atomic mass is 9.61. The Hall–Kier alpha value is -1.36.